The highest BCUT2D eigenvalue weighted by molar-refractivity contribution is 6.28. The summed E-state index contributed by atoms with van der Waals surface area (Å²) >= 11 is 0. The van der Waals surface area contributed by atoms with E-state index in [2.05, 4.69) is 13.8 Å². The van der Waals surface area contributed by atoms with Crippen molar-refractivity contribution in [2.75, 3.05) is 9.80 Å². The molecular formula is C35H28N2O6. The van der Waals surface area contributed by atoms with Gasteiger partial charge in [-0.05, 0) is 90.0 Å². The second-order valence-corrected chi connectivity index (χ2v) is 10.7. The zero-order chi connectivity index (χ0) is 30.1. The van der Waals surface area contributed by atoms with E-state index in [0.717, 1.165) is 16.0 Å². The van der Waals surface area contributed by atoms with E-state index < -0.39 is 6.23 Å². The van der Waals surface area contributed by atoms with E-state index in [4.69, 9.17) is 9.47 Å². The van der Waals surface area contributed by atoms with Crippen LogP contribution in [0, 0.1) is 0 Å². The van der Waals surface area contributed by atoms with E-state index in [1.807, 2.05) is 48.5 Å². The van der Waals surface area contributed by atoms with Gasteiger partial charge in [-0.15, -0.1) is 0 Å². The number of imide groups is 1. The van der Waals surface area contributed by atoms with Crippen molar-refractivity contribution in [2.45, 2.75) is 25.5 Å². The van der Waals surface area contributed by atoms with Crippen LogP contribution in [0.25, 0.3) is 0 Å². The molecule has 4 aromatic carbocycles. The van der Waals surface area contributed by atoms with E-state index in [9.17, 15) is 19.5 Å². The lowest BCUT2D eigenvalue weighted by Crippen LogP contribution is -2.33. The number of nitrogens with zero attached hydrogens (tertiary/aromatic N) is 2. The summed E-state index contributed by atoms with van der Waals surface area (Å²) in [5, 5.41) is 9.98. The summed E-state index contributed by atoms with van der Waals surface area (Å²) in [5.74, 6) is 1.56. The summed E-state index contributed by atoms with van der Waals surface area (Å²) in [5.41, 5.74) is 3.00. The maximum Gasteiger partial charge on any atom is 0.258 e. The Labute approximate surface area is 248 Å². The van der Waals surface area contributed by atoms with Crippen molar-refractivity contribution < 1.29 is 29.0 Å². The highest BCUT2D eigenvalue weighted by atomic mass is 16.5. The third kappa shape index (κ3) is 5.56. The number of carbonyl (C=O) groups excluding carboxylic acids is 3. The molecule has 2 aliphatic heterocycles. The Hall–Kier alpha value is -5.47. The fraction of sp³-hybridized carbons (Fsp3) is 0.114. The van der Waals surface area contributed by atoms with Gasteiger partial charge in [0.25, 0.3) is 17.7 Å². The quantitative estimate of drug-likeness (QED) is 0.251. The molecule has 0 saturated heterocycles. The molecule has 0 aliphatic carbocycles. The largest absolute Gasteiger partial charge is 0.457 e. The number of aliphatic hydroxyl groups is 1. The van der Waals surface area contributed by atoms with Gasteiger partial charge in [-0.25, -0.2) is 4.90 Å². The Morgan fingerprint density at radius 1 is 0.558 bits per heavy atom. The van der Waals surface area contributed by atoms with Crippen LogP contribution >= 0.6 is 0 Å². The minimum Gasteiger partial charge on any atom is -0.457 e. The Balaban J connectivity index is 1.08. The van der Waals surface area contributed by atoms with Crippen molar-refractivity contribution >= 4 is 29.1 Å². The van der Waals surface area contributed by atoms with Gasteiger partial charge >= 0.3 is 0 Å². The second-order valence-electron chi connectivity index (χ2n) is 10.7. The molecule has 6 rings (SSSR count). The molecule has 1 unspecified atom stereocenters. The van der Waals surface area contributed by atoms with Crippen LogP contribution in [-0.4, -0.2) is 29.1 Å². The van der Waals surface area contributed by atoms with E-state index in [1.165, 1.54) is 29.2 Å². The summed E-state index contributed by atoms with van der Waals surface area (Å²) in [6.07, 6.45) is 4.35. The van der Waals surface area contributed by atoms with Gasteiger partial charge in [0.05, 0.1) is 5.69 Å². The normalized spacial score (nSPS) is 16.3. The average molecular weight is 573 g/mol. The Morgan fingerprint density at radius 3 is 1.35 bits per heavy atom. The van der Waals surface area contributed by atoms with Crippen LogP contribution < -0.4 is 19.3 Å². The number of carbonyl (C=O) groups is 3. The topological polar surface area (TPSA) is 96.4 Å². The number of hydrogen-bond acceptors (Lipinski definition) is 6. The molecule has 0 fully saturated rings. The van der Waals surface area contributed by atoms with Gasteiger partial charge in [0.15, 0.2) is 6.23 Å². The number of rotatable bonds is 8. The number of benzene rings is 4. The van der Waals surface area contributed by atoms with Crippen molar-refractivity contribution in [2.24, 2.45) is 0 Å². The van der Waals surface area contributed by atoms with Crippen LogP contribution in [0.2, 0.25) is 0 Å². The van der Waals surface area contributed by atoms with Crippen LogP contribution in [0.1, 0.15) is 25.0 Å². The van der Waals surface area contributed by atoms with Gasteiger partial charge < -0.3 is 14.6 Å². The molecule has 0 aromatic heterocycles. The molecule has 2 aliphatic rings. The van der Waals surface area contributed by atoms with Crippen LogP contribution in [0.4, 0.5) is 11.4 Å². The zero-order valence-electron chi connectivity index (χ0n) is 23.5. The number of amides is 3. The SMILES string of the molecule is CC(C)(c1ccc(Oc2ccc(N3C(=O)C=CC3=O)cc2)cc1)c1ccc(Oc2ccc(N3C(=O)C=CC3O)cc2)cc1. The molecule has 0 spiro atoms. The Kier molecular flexibility index (Phi) is 7.13. The van der Waals surface area contributed by atoms with Gasteiger partial charge in [0, 0.05) is 29.3 Å². The zero-order valence-corrected chi connectivity index (χ0v) is 23.5. The molecule has 0 saturated carbocycles. The minimum atomic E-state index is -0.961. The van der Waals surface area contributed by atoms with Gasteiger partial charge in [0.2, 0.25) is 0 Å². The molecule has 3 amide bonds. The maximum absolute atomic E-state index is 12.0. The molecule has 2 heterocycles. The molecule has 0 radical (unpaired) electrons. The third-order valence-electron chi connectivity index (χ3n) is 7.56. The molecule has 8 heteroatoms. The molecule has 0 bridgehead atoms. The first-order valence-electron chi connectivity index (χ1n) is 13.7. The first kappa shape index (κ1) is 27.7. The van der Waals surface area contributed by atoms with E-state index in [0.29, 0.717) is 34.4 Å². The van der Waals surface area contributed by atoms with Crippen molar-refractivity contribution in [3.63, 3.8) is 0 Å². The van der Waals surface area contributed by atoms with Crippen molar-refractivity contribution in [1.29, 1.82) is 0 Å². The minimum absolute atomic E-state index is 0.262. The summed E-state index contributed by atoms with van der Waals surface area (Å²) in [6.45, 7) is 4.30. The van der Waals surface area contributed by atoms with Crippen molar-refractivity contribution in [1.82, 2.24) is 0 Å². The first-order valence-corrected chi connectivity index (χ1v) is 13.7. The average Bonchev–Trinajstić information content (AvgIpc) is 3.53. The Morgan fingerprint density at radius 2 is 0.953 bits per heavy atom. The highest BCUT2D eigenvalue weighted by Gasteiger charge is 2.26. The van der Waals surface area contributed by atoms with Crippen LogP contribution in [0.15, 0.2) is 121 Å². The highest BCUT2D eigenvalue weighted by Crippen LogP contribution is 2.35. The van der Waals surface area contributed by atoms with E-state index >= 15 is 0 Å². The number of aliphatic hydroxyl groups excluding tert-OH is 1. The molecule has 4 aromatic rings. The van der Waals surface area contributed by atoms with Gasteiger partial charge in [-0.1, -0.05) is 38.1 Å². The lowest BCUT2D eigenvalue weighted by Gasteiger charge is -2.26. The van der Waals surface area contributed by atoms with Crippen molar-refractivity contribution in [3.8, 4) is 23.0 Å². The fourth-order valence-electron chi connectivity index (χ4n) is 5.06. The van der Waals surface area contributed by atoms with E-state index in [1.54, 1.807) is 48.5 Å². The van der Waals surface area contributed by atoms with Gasteiger partial charge in [0.1, 0.15) is 23.0 Å². The molecule has 1 atom stereocenters. The summed E-state index contributed by atoms with van der Waals surface area (Å²) in [7, 11) is 0. The summed E-state index contributed by atoms with van der Waals surface area (Å²) in [6, 6.07) is 29.6. The first-order chi connectivity index (χ1) is 20.7. The van der Waals surface area contributed by atoms with Gasteiger partial charge in [-0.2, -0.15) is 0 Å². The molecule has 214 valence electrons. The maximum atomic E-state index is 12.0. The summed E-state index contributed by atoms with van der Waals surface area (Å²) in [4.78, 5) is 38.2. The fourth-order valence-corrected chi connectivity index (χ4v) is 5.06. The summed E-state index contributed by atoms with van der Waals surface area (Å²) < 4.78 is 12.0. The lowest BCUT2D eigenvalue weighted by atomic mass is 9.78. The van der Waals surface area contributed by atoms with Crippen LogP contribution in [0.3, 0.4) is 0 Å². The van der Waals surface area contributed by atoms with Crippen LogP contribution in [0.5, 0.6) is 23.0 Å². The monoisotopic (exact) mass is 572 g/mol. The molecule has 43 heavy (non-hydrogen) atoms. The second kappa shape index (κ2) is 11.1. The Bertz CT molecular complexity index is 1720. The smallest absolute Gasteiger partial charge is 0.258 e. The third-order valence-corrected chi connectivity index (χ3v) is 7.56. The molecule has 8 nitrogen and oxygen atoms in total. The lowest BCUT2D eigenvalue weighted by molar-refractivity contribution is -0.120. The predicted molar refractivity (Wildman–Crippen MR) is 162 cm³/mol. The number of ether oxygens (including phenoxy) is 2. The standard InChI is InChI=1S/C35H28N2O6/c1-35(2,23-3-11-27(12-4-23)42-29-15-7-25(8-16-29)36-31(38)19-20-32(36)39)24-5-13-28(14-6-24)43-30-17-9-26(10-18-30)37-33(40)21-22-34(37)41/h3-22,31,38H,1-2H3. The van der Waals surface area contributed by atoms with Crippen molar-refractivity contribution in [3.05, 3.63) is 132 Å². The molecular weight excluding hydrogens is 544 g/mol. The van der Waals surface area contributed by atoms with E-state index in [-0.39, 0.29) is 23.1 Å². The predicted octanol–water partition coefficient (Wildman–Crippen LogP) is 6.25. The number of anilines is 2. The van der Waals surface area contributed by atoms with Crippen LogP contribution in [-0.2, 0) is 19.8 Å². The molecule has 1 N–H and O–H groups in total. The number of hydrogen-bond donors (Lipinski definition) is 1. The van der Waals surface area contributed by atoms with Gasteiger partial charge in [-0.3, -0.25) is 19.3 Å².